The minimum atomic E-state index is -3.12. The molecule has 6 rings (SSSR count). The molecule has 1 aromatic heterocycles. The van der Waals surface area contributed by atoms with Gasteiger partial charge in [0.05, 0.1) is 24.4 Å². The van der Waals surface area contributed by atoms with Crippen molar-refractivity contribution in [3.63, 3.8) is 0 Å². The Bertz CT molecular complexity index is 1850. The maximum atomic E-state index is 14.2. The SMILES string of the molecule is O=C1N[C@H](c2cc(F)ccc2Cl)c2c(NC(=O)N3C[C@H](O)c4cc(F)ccc43)cc(-c3ccc(=O)n(C(F)F)c3)cc21. The van der Waals surface area contributed by atoms with Gasteiger partial charge in [0.15, 0.2) is 0 Å². The third-order valence-corrected chi connectivity index (χ3v) is 7.57. The van der Waals surface area contributed by atoms with Crippen LogP contribution in [0.5, 0.6) is 0 Å². The van der Waals surface area contributed by atoms with E-state index in [1.54, 1.807) is 0 Å². The Labute approximate surface area is 239 Å². The van der Waals surface area contributed by atoms with Gasteiger partial charge >= 0.3 is 12.6 Å². The van der Waals surface area contributed by atoms with Gasteiger partial charge in [0, 0.05) is 45.2 Å². The summed E-state index contributed by atoms with van der Waals surface area (Å²) in [5, 5.41) is 16.0. The fourth-order valence-corrected chi connectivity index (χ4v) is 5.51. The van der Waals surface area contributed by atoms with E-state index in [1.807, 2.05) is 0 Å². The summed E-state index contributed by atoms with van der Waals surface area (Å²) >= 11 is 6.35. The third-order valence-electron chi connectivity index (χ3n) is 7.22. The van der Waals surface area contributed by atoms with Crippen molar-refractivity contribution in [1.82, 2.24) is 9.88 Å². The van der Waals surface area contributed by atoms with E-state index in [0.29, 0.717) is 0 Å². The number of fused-ring (bicyclic) bond motifs is 2. The van der Waals surface area contributed by atoms with Crippen LogP contribution in [0.15, 0.2) is 71.7 Å². The molecule has 2 atom stereocenters. The molecule has 13 heteroatoms. The highest BCUT2D eigenvalue weighted by Crippen LogP contribution is 2.42. The first-order valence-electron chi connectivity index (χ1n) is 12.5. The van der Waals surface area contributed by atoms with Crippen molar-refractivity contribution < 1.29 is 32.3 Å². The molecule has 0 spiro atoms. The number of β-amino-alcohol motifs (C(OH)–C–C–N with tert-alkyl or cyclic N) is 1. The number of carbonyl (C=O) groups excluding carboxylic acids is 2. The number of nitrogens with zero attached hydrogens (tertiary/aromatic N) is 2. The zero-order valence-electron chi connectivity index (χ0n) is 21.2. The number of hydrogen-bond acceptors (Lipinski definition) is 4. The maximum Gasteiger partial charge on any atom is 0.326 e. The smallest absolute Gasteiger partial charge is 0.326 e. The van der Waals surface area contributed by atoms with Crippen molar-refractivity contribution in [3.8, 4) is 11.1 Å². The standard InChI is InChI=1S/C29H19ClF4N4O4/c30-20-4-2-15(31)9-17(20)26-25-19(27(41)36-26)7-14(13-1-6-24(40)38(11-13)28(33)34)8-21(25)35-29(42)37-12-23(39)18-10-16(32)3-5-22(18)37/h1-11,23,26,28,39H,12H2,(H,35,42)(H,36,41)/t23-,26+/m0/s1. The number of pyridine rings is 1. The normalized spacial score (nSPS) is 17.3. The van der Waals surface area contributed by atoms with Crippen molar-refractivity contribution in [2.75, 3.05) is 16.8 Å². The first-order chi connectivity index (χ1) is 20.0. The average Bonchev–Trinajstić information content (AvgIpc) is 3.46. The van der Waals surface area contributed by atoms with Crippen LogP contribution in [-0.4, -0.2) is 28.2 Å². The lowest BCUT2D eigenvalue weighted by Crippen LogP contribution is -2.34. The molecule has 3 aromatic carbocycles. The van der Waals surface area contributed by atoms with Gasteiger partial charge in [-0.25, -0.2) is 13.6 Å². The minimum Gasteiger partial charge on any atom is -0.386 e. The van der Waals surface area contributed by atoms with E-state index in [1.165, 1.54) is 35.2 Å². The number of anilines is 2. The van der Waals surface area contributed by atoms with E-state index in [4.69, 9.17) is 11.6 Å². The molecule has 4 aromatic rings. The molecule has 2 aliphatic heterocycles. The molecule has 214 valence electrons. The Hall–Kier alpha value is -4.68. The van der Waals surface area contributed by atoms with Crippen molar-refractivity contribution in [2.45, 2.75) is 18.7 Å². The fourth-order valence-electron chi connectivity index (χ4n) is 5.28. The Morgan fingerprint density at radius 3 is 2.43 bits per heavy atom. The summed E-state index contributed by atoms with van der Waals surface area (Å²) in [5.74, 6) is -1.82. The third kappa shape index (κ3) is 4.68. The van der Waals surface area contributed by atoms with Crippen LogP contribution in [0, 0.1) is 11.6 Å². The van der Waals surface area contributed by atoms with Gasteiger partial charge in [-0.3, -0.25) is 19.1 Å². The molecule has 0 saturated heterocycles. The predicted octanol–water partition coefficient (Wildman–Crippen LogP) is 5.76. The molecule has 8 nitrogen and oxygen atoms in total. The number of halogens is 5. The lowest BCUT2D eigenvalue weighted by molar-refractivity contribution is 0.0665. The Kier molecular flexibility index (Phi) is 6.74. The number of carbonyl (C=O) groups is 2. The largest absolute Gasteiger partial charge is 0.386 e. The van der Waals surface area contributed by atoms with Crippen LogP contribution in [-0.2, 0) is 0 Å². The van der Waals surface area contributed by atoms with Crippen LogP contribution in [0.25, 0.3) is 11.1 Å². The molecule has 0 unspecified atom stereocenters. The lowest BCUT2D eigenvalue weighted by atomic mass is 9.93. The van der Waals surface area contributed by atoms with Gasteiger partial charge in [-0.15, -0.1) is 0 Å². The van der Waals surface area contributed by atoms with Crippen LogP contribution >= 0.6 is 11.6 Å². The summed E-state index contributed by atoms with van der Waals surface area (Å²) in [6, 6.07) is 10.5. The highest BCUT2D eigenvalue weighted by Gasteiger charge is 2.37. The van der Waals surface area contributed by atoms with E-state index >= 15 is 0 Å². The van der Waals surface area contributed by atoms with Crippen molar-refractivity contribution >= 4 is 34.9 Å². The van der Waals surface area contributed by atoms with Crippen molar-refractivity contribution in [2.24, 2.45) is 0 Å². The Balaban J connectivity index is 1.49. The molecule has 3 amide bonds. The summed E-state index contributed by atoms with van der Waals surface area (Å²) in [7, 11) is 0. The molecule has 0 fully saturated rings. The van der Waals surface area contributed by atoms with Crippen LogP contribution < -0.4 is 21.1 Å². The number of aliphatic hydroxyl groups is 1. The average molecular weight is 599 g/mol. The van der Waals surface area contributed by atoms with E-state index in [0.717, 1.165) is 36.5 Å². The molecule has 3 heterocycles. The Morgan fingerprint density at radius 2 is 1.69 bits per heavy atom. The van der Waals surface area contributed by atoms with Crippen LogP contribution in [0.1, 0.15) is 45.7 Å². The van der Waals surface area contributed by atoms with Gasteiger partial charge in [0.2, 0.25) is 0 Å². The fraction of sp³-hybridized carbons (Fsp3) is 0.138. The molecule has 42 heavy (non-hydrogen) atoms. The molecule has 0 radical (unpaired) electrons. The zero-order chi connectivity index (χ0) is 29.9. The topological polar surface area (TPSA) is 104 Å². The first-order valence-corrected chi connectivity index (χ1v) is 12.9. The monoisotopic (exact) mass is 598 g/mol. The summed E-state index contributed by atoms with van der Waals surface area (Å²) in [6.45, 7) is -3.32. The molecule has 0 bridgehead atoms. The summed E-state index contributed by atoms with van der Waals surface area (Å²) in [4.78, 5) is 39.8. The van der Waals surface area contributed by atoms with Crippen molar-refractivity contribution in [1.29, 1.82) is 0 Å². The molecular weight excluding hydrogens is 580 g/mol. The highest BCUT2D eigenvalue weighted by atomic mass is 35.5. The van der Waals surface area contributed by atoms with E-state index in [2.05, 4.69) is 10.6 Å². The number of hydrogen-bond donors (Lipinski definition) is 3. The minimum absolute atomic E-state index is 0.0480. The van der Waals surface area contributed by atoms with Crippen LogP contribution in [0.4, 0.5) is 33.7 Å². The number of nitrogens with one attached hydrogen (secondary N) is 2. The zero-order valence-corrected chi connectivity index (χ0v) is 22.0. The quantitative estimate of drug-likeness (QED) is 0.260. The van der Waals surface area contributed by atoms with Gasteiger partial charge in [0.1, 0.15) is 11.6 Å². The first kappa shape index (κ1) is 27.5. The molecule has 2 aliphatic rings. The van der Waals surface area contributed by atoms with Gasteiger partial charge in [-0.05, 0) is 65.7 Å². The van der Waals surface area contributed by atoms with Gasteiger partial charge in [0.25, 0.3) is 11.5 Å². The number of aliphatic hydroxyl groups excluding tert-OH is 1. The van der Waals surface area contributed by atoms with Gasteiger partial charge < -0.3 is 15.7 Å². The number of amides is 3. The number of alkyl halides is 2. The summed E-state index contributed by atoms with van der Waals surface area (Å²) in [6.07, 6.45) is -0.230. The lowest BCUT2D eigenvalue weighted by Gasteiger charge is -2.22. The maximum absolute atomic E-state index is 14.2. The second-order valence-corrected chi connectivity index (χ2v) is 10.2. The molecule has 0 saturated carbocycles. The summed E-state index contributed by atoms with van der Waals surface area (Å²) in [5.41, 5.74) is 0.417. The van der Waals surface area contributed by atoms with Gasteiger partial charge in [-0.1, -0.05) is 11.6 Å². The van der Waals surface area contributed by atoms with Crippen molar-refractivity contribution in [3.05, 3.63) is 116 Å². The van der Waals surface area contributed by atoms with E-state index in [9.17, 15) is 37.1 Å². The van der Waals surface area contributed by atoms with Crippen LogP contribution in [0.3, 0.4) is 0 Å². The van der Waals surface area contributed by atoms with Gasteiger partial charge in [-0.2, -0.15) is 8.78 Å². The number of benzene rings is 3. The van der Waals surface area contributed by atoms with E-state index in [-0.39, 0.29) is 60.9 Å². The predicted molar refractivity (Wildman–Crippen MR) is 146 cm³/mol. The molecule has 0 aliphatic carbocycles. The second-order valence-electron chi connectivity index (χ2n) is 9.76. The number of urea groups is 1. The Morgan fingerprint density at radius 1 is 0.976 bits per heavy atom. The molecule has 3 N–H and O–H groups in total. The number of aromatic nitrogens is 1. The molecular formula is C29H19ClF4N4O4. The summed E-state index contributed by atoms with van der Waals surface area (Å²) < 4.78 is 55.2. The highest BCUT2D eigenvalue weighted by molar-refractivity contribution is 6.31. The van der Waals surface area contributed by atoms with E-state index < -0.39 is 47.8 Å². The number of rotatable bonds is 4. The van der Waals surface area contributed by atoms with Crippen LogP contribution in [0.2, 0.25) is 5.02 Å². The second kappa shape index (κ2) is 10.3.